The van der Waals surface area contributed by atoms with Crippen molar-refractivity contribution < 1.29 is 9.90 Å². The first-order valence-electron chi connectivity index (χ1n) is 6.12. The number of hydrogen-bond donors (Lipinski definition) is 2. The number of nitrogens with one attached hydrogen (secondary N) is 1. The largest absolute Gasteiger partial charge is 0.396 e. The highest BCUT2D eigenvalue weighted by molar-refractivity contribution is 5.78. The van der Waals surface area contributed by atoms with Gasteiger partial charge in [0, 0.05) is 19.1 Å². The Morgan fingerprint density at radius 3 is 2.53 bits per heavy atom. The van der Waals surface area contributed by atoms with Crippen LogP contribution in [0, 0.1) is 11.8 Å². The van der Waals surface area contributed by atoms with E-state index in [0.717, 1.165) is 31.6 Å². The molecule has 2 N–H and O–H groups in total. The molecule has 1 fully saturated rings. The molecule has 88 valence electrons. The first-order valence-corrected chi connectivity index (χ1v) is 6.12. The number of rotatable bonds is 5. The van der Waals surface area contributed by atoms with E-state index >= 15 is 0 Å². The van der Waals surface area contributed by atoms with E-state index in [0.29, 0.717) is 6.54 Å². The van der Waals surface area contributed by atoms with Crippen molar-refractivity contribution in [1.29, 1.82) is 0 Å². The van der Waals surface area contributed by atoms with E-state index in [2.05, 4.69) is 12.2 Å². The van der Waals surface area contributed by atoms with Crippen LogP contribution in [-0.4, -0.2) is 24.2 Å². The molecule has 1 aliphatic rings. The molecule has 0 saturated heterocycles. The molecule has 0 bridgehead atoms. The topological polar surface area (TPSA) is 49.3 Å². The van der Waals surface area contributed by atoms with Gasteiger partial charge in [-0.15, -0.1) is 0 Å². The van der Waals surface area contributed by atoms with Gasteiger partial charge in [0.1, 0.15) is 0 Å². The van der Waals surface area contributed by atoms with Gasteiger partial charge in [-0.25, -0.2) is 0 Å². The van der Waals surface area contributed by atoms with Crippen LogP contribution >= 0.6 is 0 Å². The van der Waals surface area contributed by atoms with Crippen LogP contribution in [0.15, 0.2) is 0 Å². The predicted octanol–water partition coefficient (Wildman–Crippen LogP) is 1.70. The second-order valence-corrected chi connectivity index (χ2v) is 4.68. The molecule has 0 radical (unpaired) electrons. The highest BCUT2D eigenvalue weighted by Crippen LogP contribution is 2.28. The van der Waals surface area contributed by atoms with Crippen LogP contribution in [0.25, 0.3) is 0 Å². The van der Waals surface area contributed by atoms with Gasteiger partial charge in [0.2, 0.25) is 5.91 Å². The SMILES string of the molecule is CC1CCC(C(=O)NCCCCO)CC1. The van der Waals surface area contributed by atoms with Gasteiger partial charge < -0.3 is 10.4 Å². The Kier molecular flexibility index (Phi) is 5.69. The maximum absolute atomic E-state index is 11.7. The quantitative estimate of drug-likeness (QED) is 0.683. The van der Waals surface area contributed by atoms with E-state index in [1.54, 1.807) is 0 Å². The summed E-state index contributed by atoms with van der Waals surface area (Å²) >= 11 is 0. The summed E-state index contributed by atoms with van der Waals surface area (Å²) in [5, 5.41) is 11.5. The Bertz CT molecular complexity index is 186. The molecule has 1 rings (SSSR count). The standard InChI is InChI=1S/C12H23NO2/c1-10-4-6-11(7-5-10)12(15)13-8-2-3-9-14/h10-11,14H,2-9H2,1H3,(H,13,15). The minimum Gasteiger partial charge on any atom is -0.396 e. The molecule has 3 heteroatoms. The molecule has 0 unspecified atom stereocenters. The minimum absolute atomic E-state index is 0.219. The Morgan fingerprint density at radius 1 is 1.27 bits per heavy atom. The maximum Gasteiger partial charge on any atom is 0.223 e. The van der Waals surface area contributed by atoms with Crippen molar-refractivity contribution in [2.45, 2.75) is 45.4 Å². The smallest absolute Gasteiger partial charge is 0.223 e. The van der Waals surface area contributed by atoms with Crippen molar-refractivity contribution >= 4 is 5.91 Å². The number of hydrogen-bond acceptors (Lipinski definition) is 2. The van der Waals surface area contributed by atoms with Crippen LogP contribution in [0.1, 0.15) is 45.4 Å². The fourth-order valence-electron chi connectivity index (χ4n) is 2.11. The molecule has 0 atom stereocenters. The van der Waals surface area contributed by atoms with Gasteiger partial charge in [0.25, 0.3) is 0 Å². The molecule has 0 aromatic rings. The summed E-state index contributed by atoms with van der Waals surface area (Å²) in [4.78, 5) is 11.7. The van der Waals surface area contributed by atoms with Gasteiger partial charge >= 0.3 is 0 Å². The molecule has 1 amide bonds. The molecular weight excluding hydrogens is 190 g/mol. The van der Waals surface area contributed by atoms with Gasteiger partial charge in [-0.3, -0.25) is 4.79 Å². The summed E-state index contributed by atoms with van der Waals surface area (Å²) in [6.45, 7) is 3.19. The third-order valence-electron chi connectivity index (χ3n) is 3.27. The van der Waals surface area contributed by atoms with Gasteiger partial charge in [0.05, 0.1) is 0 Å². The third kappa shape index (κ3) is 4.65. The lowest BCUT2D eigenvalue weighted by molar-refractivity contribution is -0.126. The van der Waals surface area contributed by atoms with E-state index in [4.69, 9.17) is 5.11 Å². The van der Waals surface area contributed by atoms with Crippen LogP contribution in [0.2, 0.25) is 0 Å². The molecule has 0 aromatic carbocycles. The van der Waals surface area contributed by atoms with Crippen molar-refractivity contribution in [3.63, 3.8) is 0 Å². The number of carbonyl (C=O) groups is 1. The molecule has 0 aromatic heterocycles. The summed E-state index contributed by atoms with van der Waals surface area (Å²) in [6.07, 6.45) is 6.14. The molecule has 0 spiro atoms. The van der Waals surface area contributed by atoms with Crippen molar-refractivity contribution in [3.8, 4) is 0 Å². The van der Waals surface area contributed by atoms with Gasteiger partial charge in [-0.2, -0.15) is 0 Å². The Hall–Kier alpha value is -0.570. The molecule has 0 heterocycles. The van der Waals surface area contributed by atoms with Crippen molar-refractivity contribution in [2.75, 3.05) is 13.2 Å². The fraction of sp³-hybridized carbons (Fsp3) is 0.917. The van der Waals surface area contributed by atoms with E-state index in [9.17, 15) is 4.79 Å². The molecular formula is C12H23NO2. The minimum atomic E-state index is 0.219. The van der Waals surface area contributed by atoms with Crippen LogP contribution in [0.5, 0.6) is 0 Å². The van der Waals surface area contributed by atoms with Crippen molar-refractivity contribution in [1.82, 2.24) is 5.32 Å². The number of carbonyl (C=O) groups excluding carboxylic acids is 1. The number of aliphatic hydroxyl groups is 1. The van der Waals surface area contributed by atoms with Gasteiger partial charge in [0.15, 0.2) is 0 Å². The van der Waals surface area contributed by atoms with Crippen LogP contribution < -0.4 is 5.32 Å². The summed E-state index contributed by atoms with van der Waals surface area (Å²) in [5.41, 5.74) is 0. The number of amides is 1. The highest BCUT2D eigenvalue weighted by Gasteiger charge is 2.23. The zero-order valence-electron chi connectivity index (χ0n) is 9.67. The second kappa shape index (κ2) is 6.83. The van der Waals surface area contributed by atoms with E-state index in [1.165, 1.54) is 12.8 Å². The van der Waals surface area contributed by atoms with E-state index in [1.807, 2.05) is 0 Å². The van der Waals surface area contributed by atoms with Crippen LogP contribution in [0.4, 0.5) is 0 Å². The Labute approximate surface area is 92.3 Å². The molecule has 1 aliphatic carbocycles. The Balaban J connectivity index is 2.11. The van der Waals surface area contributed by atoms with Gasteiger partial charge in [-0.1, -0.05) is 6.92 Å². The zero-order chi connectivity index (χ0) is 11.1. The fourth-order valence-corrected chi connectivity index (χ4v) is 2.11. The average Bonchev–Trinajstić information content (AvgIpc) is 2.25. The lowest BCUT2D eigenvalue weighted by atomic mass is 9.82. The predicted molar refractivity (Wildman–Crippen MR) is 60.5 cm³/mol. The summed E-state index contributed by atoms with van der Waals surface area (Å²) in [7, 11) is 0. The second-order valence-electron chi connectivity index (χ2n) is 4.68. The maximum atomic E-state index is 11.7. The van der Waals surface area contributed by atoms with Crippen LogP contribution in [-0.2, 0) is 4.79 Å². The molecule has 1 saturated carbocycles. The first kappa shape index (κ1) is 12.5. The molecule has 15 heavy (non-hydrogen) atoms. The third-order valence-corrected chi connectivity index (χ3v) is 3.27. The summed E-state index contributed by atoms with van der Waals surface area (Å²) in [6, 6.07) is 0. The summed E-state index contributed by atoms with van der Waals surface area (Å²) < 4.78 is 0. The lowest BCUT2D eigenvalue weighted by Crippen LogP contribution is -2.33. The highest BCUT2D eigenvalue weighted by atomic mass is 16.2. The van der Waals surface area contributed by atoms with Crippen molar-refractivity contribution in [2.24, 2.45) is 11.8 Å². The van der Waals surface area contributed by atoms with E-state index in [-0.39, 0.29) is 18.4 Å². The lowest BCUT2D eigenvalue weighted by Gasteiger charge is -2.25. The first-order chi connectivity index (χ1) is 7.24. The molecule has 3 nitrogen and oxygen atoms in total. The molecule has 0 aliphatic heterocycles. The summed E-state index contributed by atoms with van der Waals surface area (Å²) in [5.74, 6) is 1.26. The van der Waals surface area contributed by atoms with E-state index < -0.39 is 0 Å². The Morgan fingerprint density at radius 2 is 1.93 bits per heavy atom. The zero-order valence-corrected chi connectivity index (χ0v) is 9.67. The van der Waals surface area contributed by atoms with Crippen molar-refractivity contribution in [3.05, 3.63) is 0 Å². The number of aliphatic hydroxyl groups excluding tert-OH is 1. The monoisotopic (exact) mass is 213 g/mol. The van der Waals surface area contributed by atoms with Crippen LogP contribution in [0.3, 0.4) is 0 Å². The number of unbranched alkanes of at least 4 members (excludes halogenated alkanes) is 1. The van der Waals surface area contributed by atoms with Gasteiger partial charge in [-0.05, 0) is 44.4 Å². The average molecular weight is 213 g/mol. The normalized spacial score (nSPS) is 26.3.